The summed E-state index contributed by atoms with van der Waals surface area (Å²) in [5.41, 5.74) is 3.41. The fraction of sp³-hybridized carbons (Fsp3) is 0.207. The molecule has 2 heterocycles. The van der Waals surface area contributed by atoms with Gasteiger partial charge in [0.2, 0.25) is 0 Å². The van der Waals surface area contributed by atoms with Crippen molar-refractivity contribution in [2.24, 2.45) is 0 Å². The number of urea groups is 1. The van der Waals surface area contributed by atoms with E-state index in [1.165, 1.54) is 4.90 Å². The van der Waals surface area contributed by atoms with Crippen LogP contribution in [0.25, 0.3) is 11.3 Å². The minimum Gasteiger partial charge on any atom is -0.491 e. The molecule has 0 saturated carbocycles. The van der Waals surface area contributed by atoms with Crippen molar-refractivity contribution in [2.45, 2.75) is 24.9 Å². The van der Waals surface area contributed by atoms with Crippen LogP contribution in [0, 0.1) is 3.57 Å². The number of ether oxygens (including phenoxy) is 1. The zero-order valence-corrected chi connectivity index (χ0v) is 22.8. The summed E-state index contributed by atoms with van der Waals surface area (Å²) in [6, 6.07) is 22.8. The molecule has 3 N–H and O–H groups in total. The summed E-state index contributed by atoms with van der Waals surface area (Å²) >= 11 is 2.26. The number of hydrogen-bond acceptors (Lipinski definition) is 5. The second-order valence-corrected chi connectivity index (χ2v) is 10.3. The highest BCUT2D eigenvalue weighted by atomic mass is 127. The number of aliphatic hydroxyl groups excluding tert-OH is 1. The maximum Gasteiger partial charge on any atom is 0.325 e. The Bertz CT molecular complexity index is 1410. The van der Waals surface area contributed by atoms with Crippen LogP contribution in [0.1, 0.15) is 41.9 Å². The van der Waals surface area contributed by atoms with Crippen LogP contribution in [0.4, 0.5) is 4.79 Å². The van der Waals surface area contributed by atoms with Gasteiger partial charge in [0.25, 0.3) is 5.91 Å². The van der Waals surface area contributed by atoms with Gasteiger partial charge in [0.1, 0.15) is 30.3 Å². The SMILES string of the molecule is C[C@@H](c1ccccc1)C(c1ncc(-c2ccc(I)cc2)[nH]1)N1C(=O)N[C@H](c2ccc(OCCO)cc2)C1=O. The Kier molecular flexibility index (Phi) is 7.75. The van der Waals surface area contributed by atoms with Crippen molar-refractivity contribution in [3.63, 3.8) is 0 Å². The number of nitrogens with one attached hydrogen (secondary N) is 2. The molecule has 9 heteroatoms. The zero-order valence-electron chi connectivity index (χ0n) is 20.7. The molecule has 1 fully saturated rings. The van der Waals surface area contributed by atoms with Crippen molar-refractivity contribution in [3.8, 4) is 17.0 Å². The van der Waals surface area contributed by atoms with Gasteiger partial charge in [-0.1, -0.05) is 61.5 Å². The third kappa shape index (κ3) is 5.30. The molecule has 0 bridgehead atoms. The quantitative estimate of drug-likeness (QED) is 0.176. The van der Waals surface area contributed by atoms with Crippen LogP contribution in [0.5, 0.6) is 5.75 Å². The van der Waals surface area contributed by atoms with Crippen molar-refractivity contribution in [1.82, 2.24) is 20.2 Å². The topological polar surface area (TPSA) is 108 Å². The van der Waals surface area contributed by atoms with E-state index in [0.717, 1.165) is 20.4 Å². The molecule has 3 aromatic carbocycles. The van der Waals surface area contributed by atoms with E-state index in [1.807, 2.05) is 61.5 Å². The molecule has 3 amide bonds. The van der Waals surface area contributed by atoms with Gasteiger partial charge in [-0.3, -0.25) is 9.69 Å². The monoisotopic (exact) mass is 622 g/mol. The van der Waals surface area contributed by atoms with Crippen LogP contribution in [-0.2, 0) is 4.79 Å². The smallest absolute Gasteiger partial charge is 0.325 e. The van der Waals surface area contributed by atoms with Gasteiger partial charge in [-0.15, -0.1) is 0 Å². The van der Waals surface area contributed by atoms with E-state index in [-0.39, 0.29) is 25.0 Å². The number of H-pyrrole nitrogens is 1. The summed E-state index contributed by atoms with van der Waals surface area (Å²) in [6.07, 6.45) is 1.74. The highest BCUT2D eigenvalue weighted by molar-refractivity contribution is 14.1. The van der Waals surface area contributed by atoms with Crippen LogP contribution < -0.4 is 10.1 Å². The Balaban J connectivity index is 1.48. The minimum atomic E-state index is -0.828. The number of imide groups is 1. The van der Waals surface area contributed by atoms with Gasteiger partial charge in [0.05, 0.1) is 18.5 Å². The van der Waals surface area contributed by atoms with Gasteiger partial charge >= 0.3 is 6.03 Å². The van der Waals surface area contributed by atoms with Crippen molar-refractivity contribution in [1.29, 1.82) is 0 Å². The van der Waals surface area contributed by atoms with E-state index in [2.05, 4.69) is 37.9 Å². The van der Waals surface area contributed by atoms with E-state index < -0.39 is 18.1 Å². The third-order valence-corrected chi connectivity index (χ3v) is 7.37. The van der Waals surface area contributed by atoms with E-state index in [4.69, 9.17) is 9.84 Å². The molecule has 38 heavy (non-hydrogen) atoms. The van der Waals surface area contributed by atoms with E-state index in [0.29, 0.717) is 17.1 Å². The number of imidazole rings is 1. The maximum atomic E-state index is 13.8. The number of nitrogens with zero attached hydrogens (tertiary/aromatic N) is 2. The molecule has 194 valence electrons. The highest BCUT2D eigenvalue weighted by Crippen LogP contribution is 2.39. The summed E-state index contributed by atoms with van der Waals surface area (Å²) in [4.78, 5) is 36.4. The number of aromatic nitrogens is 2. The zero-order chi connectivity index (χ0) is 26.6. The number of aromatic amines is 1. The van der Waals surface area contributed by atoms with E-state index >= 15 is 0 Å². The number of carbonyl (C=O) groups is 2. The molecule has 5 rings (SSSR count). The van der Waals surface area contributed by atoms with Gasteiger partial charge in [0, 0.05) is 9.49 Å². The van der Waals surface area contributed by atoms with Crippen molar-refractivity contribution >= 4 is 34.5 Å². The van der Waals surface area contributed by atoms with Gasteiger partial charge in [0.15, 0.2) is 0 Å². The number of benzene rings is 3. The Hall–Kier alpha value is -3.70. The largest absolute Gasteiger partial charge is 0.491 e. The Morgan fingerprint density at radius 3 is 2.42 bits per heavy atom. The molecular formula is C29H27IN4O4. The average Bonchev–Trinajstić information content (AvgIpc) is 3.54. The summed E-state index contributed by atoms with van der Waals surface area (Å²) in [5, 5.41) is 11.8. The van der Waals surface area contributed by atoms with E-state index in [1.54, 1.807) is 30.5 Å². The number of rotatable bonds is 9. The molecule has 1 unspecified atom stereocenters. The maximum absolute atomic E-state index is 13.8. The normalized spacial score (nSPS) is 16.8. The minimum absolute atomic E-state index is 0.0903. The van der Waals surface area contributed by atoms with Crippen LogP contribution in [0.2, 0.25) is 0 Å². The van der Waals surface area contributed by atoms with Crippen LogP contribution in [0.15, 0.2) is 85.1 Å². The summed E-state index contributed by atoms with van der Waals surface area (Å²) < 4.78 is 6.54. The van der Waals surface area contributed by atoms with Crippen molar-refractivity contribution in [2.75, 3.05) is 13.2 Å². The first-order chi connectivity index (χ1) is 18.5. The van der Waals surface area contributed by atoms with Crippen LogP contribution >= 0.6 is 22.6 Å². The summed E-state index contributed by atoms with van der Waals surface area (Å²) in [7, 11) is 0. The summed E-state index contributed by atoms with van der Waals surface area (Å²) in [6.45, 7) is 2.08. The number of amides is 3. The number of carbonyl (C=O) groups excluding carboxylic acids is 2. The highest BCUT2D eigenvalue weighted by Gasteiger charge is 2.46. The third-order valence-electron chi connectivity index (χ3n) is 6.65. The first-order valence-corrected chi connectivity index (χ1v) is 13.4. The van der Waals surface area contributed by atoms with Gasteiger partial charge in [-0.05, 0) is 63.5 Å². The number of halogens is 1. The Morgan fingerprint density at radius 2 is 1.74 bits per heavy atom. The lowest BCUT2D eigenvalue weighted by atomic mass is 9.91. The molecule has 0 spiro atoms. The lowest BCUT2D eigenvalue weighted by Crippen LogP contribution is -2.38. The molecular weight excluding hydrogens is 595 g/mol. The molecule has 1 aliphatic rings. The van der Waals surface area contributed by atoms with Crippen molar-refractivity contribution in [3.05, 3.63) is 106 Å². The van der Waals surface area contributed by atoms with Gasteiger partial charge < -0.3 is 20.1 Å². The second-order valence-electron chi connectivity index (χ2n) is 9.07. The fourth-order valence-corrected chi connectivity index (χ4v) is 5.05. The van der Waals surface area contributed by atoms with E-state index in [9.17, 15) is 9.59 Å². The fourth-order valence-electron chi connectivity index (χ4n) is 4.69. The van der Waals surface area contributed by atoms with Crippen LogP contribution in [-0.4, -0.2) is 45.1 Å². The predicted molar refractivity (Wildman–Crippen MR) is 151 cm³/mol. The molecule has 1 aromatic heterocycles. The molecule has 1 aliphatic heterocycles. The summed E-state index contributed by atoms with van der Waals surface area (Å²) in [5.74, 6) is 0.533. The standard InChI is InChI=1S/C29H27IN4O4/c1-18(19-5-3-2-4-6-19)26(27-31-17-24(32-27)20-7-11-22(30)12-8-20)34-28(36)25(33-29(34)37)21-9-13-23(14-10-21)38-16-15-35/h2-14,17-18,25-26,35H,15-16H2,1H3,(H,31,32)(H,33,37)/t18-,25+,26?/m0/s1. The average molecular weight is 622 g/mol. The molecule has 8 nitrogen and oxygen atoms in total. The van der Waals surface area contributed by atoms with Gasteiger partial charge in [-0.25, -0.2) is 9.78 Å². The lowest BCUT2D eigenvalue weighted by molar-refractivity contribution is -0.129. The molecule has 0 radical (unpaired) electrons. The number of aliphatic hydroxyl groups is 1. The molecule has 1 saturated heterocycles. The van der Waals surface area contributed by atoms with Gasteiger partial charge in [-0.2, -0.15) is 0 Å². The first kappa shape index (κ1) is 25.9. The first-order valence-electron chi connectivity index (χ1n) is 12.3. The molecule has 3 atom stereocenters. The molecule has 0 aliphatic carbocycles. The predicted octanol–water partition coefficient (Wildman–Crippen LogP) is 5.19. The van der Waals surface area contributed by atoms with Crippen molar-refractivity contribution < 1.29 is 19.4 Å². The Labute approximate surface area is 234 Å². The Morgan fingerprint density at radius 1 is 1.03 bits per heavy atom. The lowest BCUT2D eigenvalue weighted by Gasteiger charge is -2.29. The van der Waals surface area contributed by atoms with Crippen LogP contribution in [0.3, 0.4) is 0 Å². The molecule has 4 aromatic rings. The number of hydrogen-bond donors (Lipinski definition) is 3. The second kappa shape index (κ2) is 11.4.